The highest BCUT2D eigenvalue weighted by molar-refractivity contribution is 7.89. The number of rotatable bonds is 3. The molecule has 0 heterocycles. The molecule has 19 heavy (non-hydrogen) atoms. The Morgan fingerprint density at radius 2 is 1.32 bits per heavy atom. The van der Waals surface area contributed by atoms with E-state index in [4.69, 9.17) is 0 Å². The minimum Gasteiger partial charge on any atom is -0.380 e. The monoisotopic (exact) mass is 284 g/mol. The Hall–Kier alpha value is -1.07. The van der Waals surface area contributed by atoms with Gasteiger partial charge in [0.1, 0.15) is 0 Å². The highest BCUT2D eigenvalue weighted by Gasteiger charge is 2.21. The fourth-order valence-electron chi connectivity index (χ4n) is 1.61. The van der Waals surface area contributed by atoms with E-state index in [-0.39, 0.29) is 10.4 Å². The maximum atomic E-state index is 12.1. The maximum absolute atomic E-state index is 12.1. The van der Waals surface area contributed by atoms with Gasteiger partial charge in [-0.25, -0.2) is 13.1 Å². The molecule has 0 aliphatic rings. The van der Waals surface area contributed by atoms with Gasteiger partial charge in [0.25, 0.3) is 0 Å². The number of hydrogen-bond acceptors (Lipinski definition) is 3. The van der Waals surface area contributed by atoms with Crippen LogP contribution in [0, 0.1) is 0 Å². The van der Waals surface area contributed by atoms with Crippen LogP contribution in [0.4, 0.5) is 5.69 Å². The molecule has 0 radical (unpaired) electrons. The topological polar surface area (TPSA) is 58.2 Å². The van der Waals surface area contributed by atoms with E-state index in [1.807, 2.05) is 20.8 Å². The molecule has 108 valence electrons. The van der Waals surface area contributed by atoms with Crippen LogP contribution in [0.2, 0.25) is 0 Å². The van der Waals surface area contributed by atoms with Crippen molar-refractivity contribution < 1.29 is 8.42 Å². The van der Waals surface area contributed by atoms with Crippen molar-refractivity contribution in [3.05, 3.63) is 24.3 Å². The Morgan fingerprint density at radius 3 is 1.68 bits per heavy atom. The molecular weight excluding hydrogens is 260 g/mol. The molecule has 1 rings (SSSR count). The number of sulfonamides is 1. The molecule has 0 saturated heterocycles. The zero-order chi connectivity index (χ0) is 14.9. The average Bonchev–Trinajstić information content (AvgIpc) is 2.11. The van der Waals surface area contributed by atoms with Crippen molar-refractivity contribution in [1.82, 2.24) is 4.72 Å². The van der Waals surface area contributed by atoms with Crippen molar-refractivity contribution in [3.63, 3.8) is 0 Å². The van der Waals surface area contributed by atoms with Gasteiger partial charge in [-0.05, 0) is 65.8 Å². The van der Waals surface area contributed by atoms with Crippen molar-refractivity contribution in [2.45, 2.75) is 57.5 Å². The summed E-state index contributed by atoms with van der Waals surface area (Å²) in [6.07, 6.45) is 0. The summed E-state index contributed by atoms with van der Waals surface area (Å²) in [7, 11) is -3.46. The lowest BCUT2D eigenvalue weighted by Crippen LogP contribution is -2.40. The third-order valence-corrected chi connectivity index (χ3v) is 3.90. The summed E-state index contributed by atoms with van der Waals surface area (Å²) >= 11 is 0. The summed E-state index contributed by atoms with van der Waals surface area (Å²) in [5.74, 6) is 0. The largest absolute Gasteiger partial charge is 0.380 e. The number of hydrogen-bond donors (Lipinski definition) is 2. The van der Waals surface area contributed by atoms with Gasteiger partial charge in [0.05, 0.1) is 4.90 Å². The standard InChI is InChI=1S/C14H24N2O2S/c1-13(2,3)15-11-7-9-12(10-8-11)19(17,18)16-14(4,5)6/h7-10,15-16H,1-6H3. The Balaban J connectivity index is 2.93. The number of benzene rings is 1. The van der Waals surface area contributed by atoms with Crippen LogP contribution in [0.25, 0.3) is 0 Å². The Labute approximate surface area is 116 Å². The molecule has 2 N–H and O–H groups in total. The van der Waals surface area contributed by atoms with Gasteiger partial charge in [-0.15, -0.1) is 0 Å². The van der Waals surface area contributed by atoms with Gasteiger partial charge >= 0.3 is 0 Å². The molecule has 0 bridgehead atoms. The van der Waals surface area contributed by atoms with Crippen molar-refractivity contribution in [1.29, 1.82) is 0 Å². The zero-order valence-corrected chi connectivity index (χ0v) is 13.4. The van der Waals surface area contributed by atoms with E-state index >= 15 is 0 Å². The Kier molecular flexibility index (Phi) is 4.32. The molecule has 0 amide bonds. The second kappa shape index (κ2) is 5.13. The number of anilines is 1. The fraction of sp³-hybridized carbons (Fsp3) is 0.571. The minimum absolute atomic E-state index is 0.0515. The second-order valence-electron chi connectivity index (χ2n) is 6.75. The third kappa shape index (κ3) is 5.61. The van der Waals surface area contributed by atoms with E-state index in [0.717, 1.165) is 5.69 Å². The van der Waals surface area contributed by atoms with Crippen LogP contribution in [0.5, 0.6) is 0 Å². The first-order valence-corrected chi connectivity index (χ1v) is 7.80. The quantitative estimate of drug-likeness (QED) is 0.897. The summed E-state index contributed by atoms with van der Waals surface area (Å²) in [6.45, 7) is 11.6. The summed E-state index contributed by atoms with van der Waals surface area (Å²) in [6, 6.07) is 6.79. The molecule has 1 aromatic carbocycles. The number of nitrogens with one attached hydrogen (secondary N) is 2. The molecule has 0 aliphatic carbocycles. The van der Waals surface area contributed by atoms with Gasteiger partial charge in [-0.1, -0.05) is 0 Å². The fourth-order valence-corrected chi connectivity index (χ4v) is 3.03. The molecule has 1 aromatic rings. The van der Waals surface area contributed by atoms with E-state index in [1.165, 1.54) is 0 Å². The van der Waals surface area contributed by atoms with Gasteiger partial charge in [-0.2, -0.15) is 0 Å². The lowest BCUT2D eigenvalue weighted by Gasteiger charge is -2.23. The lowest BCUT2D eigenvalue weighted by molar-refractivity contribution is 0.491. The lowest BCUT2D eigenvalue weighted by atomic mass is 10.1. The first-order valence-electron chi connectivity index (χ1n) is 6.31. The molecule has 5 heteroatoms. The molecule has 0 aromatic heterocycles. The van der Waals surface area contributed by atoms with Crippen LogP contribution < -0.4 is 10.0 Å². The maximum Gasteiger partial charge on any atom is 0.241 e. The zero-order valence-electron chi connectivity index (χ0n) is 12.5. The van der Waals surface area contributed by atoms with Crippen LogP contribution in [0.1, 0.15) is 41.5 Å². The predicted octanol–water partition coefficient (Wildman–Crippen LogP) is 2.97. The molecule has 0 spiro atoms. The molecule has 4 nitrogen and oxygen atoms in total. The van der Waals surface area contributed by atoms with Crippen LogP contribution in [-0.2, 0) is 10.0 Å². The van der Waals surface area contributed by atoms with Crippen LogP contribution in [0.3, 0.4) is 0 Å². The van der Waals surface area contributed by atoms with E-state index in [0.29, 0.717) is 0 Å². The van der Waals surface area contributed by atoms with Crippen molar-refractivity contribution in [2.75, 3.05) is 5.32 Å². The molecule has 0 atom stereocenters. The molecular formula is C14H24N2O2S. The Morgan fingerprint density at radius 1 is 0.842 bits per heavy atom. The predicted molar refractivity (Wildman–Crippen MR) is 79.9 cm³/mol. The molecule has 0 fully saturated rings. The van der Waals surface area contributed by atoms with E-state index in [1.54, 1.807) is 24.3 Å². The summed E-state index contributed by atoms with van der Waals surface area (Å²) in [4.78, 5) is 0.280. The van der Waals surface area contributed by atoms with Crippen LogP contribution in [-0.4, -0.2) is 19.5 Å². The van der Waals surface area contributed by atoms with Gasteiger partial charge in [0, 0.05) is 16.8 Å². The van der Waals surface area contributed by atoms with Crippen molar-refractivity contribution >= 4 is 15.7 Å². The van der Waals surface area contributed by atoms with E-state index in [9.17, 15) is 8.42 Å². The smallest absolute Gasteiger partial charge is 0.241 e. The minimum atomic E-state index is -3.46. The molecule has 0 aliphatic heterocycles. The van der Waals surface area contributed by atoms with E-state index in [2.05, 4.69) is 30.8 Å². The first kappa shape index (κ1) is 16.0. The third-order valence-electron chi connectivity index (χ3n) is 2.12. The van der Waals surface area contributed by atoms with Gasteiger partial charge < -0.3 is 5.32 Å². The molecule has 0 unspecified atom stereocenters. The van der Waals surface area contributed by atoms with Crippen LogP contribution >= 0.6 is 0 Å². The highest BCUT2D eigenvalue weighted by Crippen LogP contribution is 2.18. The first-order chi connectivity index (χ1) is 8.39. The summed E-state index contributed by atoms with van der Waals surface area (Å²) in [5, 5.41) is 3.29. The second-order valence-corrected chi connectivity index (χ2v) is 8.44. The van der Waals surface area contributed by atoms with E-state index < -0.39 is 15.6 Å². The Bertz CT molecular complexity index is 520. The average molecular weight is 284 g/mol. The molecule has 0 saturated carbocycles. The summed E-state index contributed by atoms with van der Waals surface area (Å²) < 4.78 is 26.9. The SMILES string of the molecule is CC(C)(C)Nc1ccc(S(=O)(=O)NC(C)(C)C)cc1. The summed E-state index contributed by atoms with van der Waals surface area (Å²) in [5.41, 5.74) is 0.368. The van der Waals surface area contributed by atoms with Crippen LogP contribution in [0.15, 0.2) is 29.2 Å². The van der Waals surface area contributed by atoms with Gasteiger partial charge in [-0.3, -0.25) is 0 Å². The normalized spacial score (nSPS) is 13.4. The van der Waals surface area contributed by atoms with Crippen molar-refractivity contribution in [3.8, 4) is 0 Å². The van der Waals surface area contributed by atoms with Crippen molar-refractivity contribution in [2.24, 2.45) is 0 Å². The highest BCUT2D eigenvalue weighted by atomic mass is 32.2. The van der Waals surface area contributed by atoms with Gasteiger partial charge in [0.15, 0.2) is 0 Å². The van der Waals surface area contributed by atoms with Gasteiger partial charge in [0.2, 0.25) is 10.0 Å².